The van der Waals surface area contributed by atoms with Gasteiger partial charge in [-0.3, -0.25) is 0 Å². The first-order valence-corrected chi connectivity index (χ1v) is 8.76. The minimum atomic E-state index is 0. The summed E-state index contributed by atoms with van der Waals surface area (Å²) in [6.07, 6.45) is 0. The SMILES string of the molecule is CCNC(=NCc1c(OC)cc(OC)cc1OC)NCc1nc(C)c(C)o1.I. The number of aromatic nitrogens is 1. The molecule has 156 valence electrons. The van der Waals surface area contributed by atoms with Crippen LogP contribution < -0.4 is 24.8 Å². The fourth-order valence-electron chi connectivity index (χ4n) is 2.51. The molecule has 0 aliphatic rings. The van der Waals surface area contributed by atoms with E-state index in [0.717, 1.165) is 23.6 Å². The minimum absolute atomic E-state index is 0. The van der Waals surface area contributed by atoms with Crippen LogP contribution in [0.1, 0.15) is 29.8 Å². The Kier molecular flexibility index (Phi) is 9.91. The Morgan fingerprint density at radius 3 is 2.18 bits per heavy atom. The highest BCUT2D eigenvalue weighted by atomic mass is 127. The van der Waals surface area contributed by atoms with Crippen LogP contribution in [-0.4, -0.2) is 38.8 Å². The van der Waals surface area contributed by atoms with Crippen molar-refractivity contribution in [1.82, 2.24) is 15.6 Å². The Hall–Kier alpha value is -2.17. The van der Waals surface area contributed by atoms with Crippen molar-refractivity contribution in [2.45, 2.75) is 33.9 Å². The number of aryl methyl sites for hydroxylation is 2. The van der Waals surface area contributed by atoms with Crippen molar-refractivity contribution in [3.8, 4) is 17.2 Å². The number of halogens is 1. The third-order valence-corrected chi connectivity index (χ3v) is 4.04. The van der Waals surface area contributed by atoms with Crippen molar-refractivity contribution in [2.75, 3.05) is 27.9 Å². The Morgan fingerprint density at radius 2 is 1.71 bits per heavy atom. The molecule has 0 spiro atoms. The number of ether oxygens (including phenoxy) is 3. The van der Waals surface area contributed by atoms with Gasteiger partial charge in [-0.05, 0) is 20.8 Å². The van der Waals surface area contributed by atoms with E-state index in [4.69, 9.17) is 18.6 Å². The van der Waals surface area contributed by atoms with Gasteiger partial charge in [0.2, 0.25) is 5.89 Å². The lowest BCUT2D eigenvalue weighted by Gasteiger charge is -2.15. The molecule has 0 bridgehead atoms. The zero-order valence-electron chi connectivity index (χ0n) is 17.2. The number of methoxy groups -OCH3 is 3. The standard InChI is InChI=1S/C19H28N4O4.HI/c1-7-20-19(22-11-18-23-12(2)13(3)27-18)21-10-15-16(25-5)8-14(24-4)9-17(15)26-6;/h8-9H,7,10-11H2,1-6H3,(H2,20,21,22);1H. The van der Waals surface area contributed by atoms with E-state index < -0.39 is 0 Å². The van der Waals surface area contributed by atoms with Crippen LogP contribution >= 0.6 is 24.0 Å². The fourth-order valence-corrected chi connectivity index (χ4v) is 2.51. The summed E-state index contributed by atoms with van der Waals surface area (Å²) in [4.78, 5) is 8.99. The molecule has 0 amide bonds. The van der Waals surface area contributed by atoms with Crippen LogP contribution in [0.25, 0.3) is 0 Å². The molecular weight excluding hydrogens is 475 g/mol. The zero-order chi connectivity index (χ0) is 19.8. The van der Waals surface area contributed by atoms with Gasteiger partial charge in [-0.1, -0.05) is 0 Å². The molecule has 1 heterocycles. The first-order valence-electron chi connectivity index (χ1n) is 8.76. The van der Waals surface area contributed by atoms with Crippen LogP contribution in [0.4, 0.5) is 0 Å². The summed E-state index contributed by atoms with van der Waals surface area (Å²) in [5.74, 6) is 4.06. The molecule has 2 rings (SSSR count). The van der Waals surface area contributed by atoms with E-state index in [-0.39, 0.29) is 24.0 Å². The zero-order valence-corrected chi connectivity index (χ0v) is 19.5. The van der Waals surface area contributed by atoms with E-state index in [1.165, 1.54) is 0 Å². The number of aliphatic imine (C=N–C) groups is 1. The van der Waals surface area contributed by atoms with Crippen LogP contribution in [0, 0.1) is 13.8 Å². The summed E-state index contributed by atoms with van der Waals surface area (Å²) in [5.41, 5.74) is 1.72. The summed E-state index contributed by atoms with van der Waals surface area (Å²) in [5, 5.41) is 6.43. The molecule has 8 nitrogen and oxygen atoms in total. The molecule has 0 aliphatic carbocycles. The van der Waals surface area contributed by atoms with E-state index in [9.17, 15) is 0 Å². The molecule has 1 aromatic heterocycles. The minimum Gasteiger partial charge on any atom is -0.496 e. The first kappa shape index (κ1) is 23.9. The van der Waals surface area contributed by atoms with Gasteiger partial charge in [0.25, 0.3) is 0 Å². The van der Waals surface area contributed by atoms with Gasteiger partial charge in [-0.25, -0.2) is 9.98 Å². The predicted octanol–water partition coefficient (Wildman–Crippen LogP) is 3.19. The smallest absolute Gasteiger partial charge is 0.214 e. The van der Waals surface area contributed by atoms with E-state index in [1.54, 1.807) is 21.3 Å². The molecule has 0 saturated carbocycles. The van der Waals surface area contributed by atoms with Gasteiger partial charge < -0.3 is 29.3 Å². The molecular formula is C19H29IN4O4. The molecule has 1 aromatic carbocycles. The number of rotatable bonds is 8. The molecule has 0 saturated heterocycles. The van der Waals surface area contributed by atoms with Gasteiger partial charge in [0.15, 0.2) is 5.96 Å². The number of benzene rings is 1. The largest absolute Gasteiger partial charge is 0.496 e. The fraction of sp³-hybridized carbons (Fsp3) is 0.474. The normalized spacial score (nSPS) is 10.9. The lowest BCUT2D eigenvalue weighted by molar-refractivity contribution is 0.369. The Balaban J connectivity index is 0.00000392. The molecule has 2 N–H and O–H groups in total. The second-order valence-corrected chi connectivity index (χ2v) is 5.81. The molecule has 0 unspecified atom stereocenters. The summed E-state index contributed by atoms with van der Waals surface area (Å²) in [6.45, 7) is 7.36. The topological polar surface area (TPSA) is 90.1 Å². The Labute approximate surface area is 183 Å². The number of oxazole rings is 1. The second kappa shape index (κ2) is 11.6. The average Bonchev–Trinajstić information content (AvgIpc) is 3.00. The lowest BCUT2D eigenvalue weighted by Crippen LogP contribution is -2.36. The van der Waals surface area contributed by atoms with Crippen LogP contribution in [0.2, 0.25) is 0 Å². The van der Waals surface area contributed by atoms with Crippen molar-refractivity contribution in [1.29, 1.82) is 0 Å². The summed E-state index contributed by atoms with van der Waals surface area (Å²) < 4.78 is 21.8. The monoisotopic (exact) mass is 504 g/mol. The van der Waals surface area contributed by atoms with E-state index in [2.05, 4.69) is 20.6 Å². The molecule has 0 atom stereocenters. The van der Waals surface area contributed by atoms with Crippen LogP contribution in [-0.2, 0) is 13.1 Å². The summed E-state index contributed by atoms with van der Waals surface area (Å²) in [6, 6.07) is 3.62. The summed E-state index contributed by atoms with van der Waals surface area (Å²) >= 11 is 0. The van der Waals surface area contributed by atoms with Gasteiger partial charge >= 0.3 is 0 Å². The van der Waals surface area contributed by atoms with Crippen molar-refractivity contribution in [3.63, 3.8) is 0 Å². The molecule has 2 aromatic rings. The molecule has 0 aliphatic heterocycles. The predicted molar refractivity (Wildman–Crippen MR) is 119 cm³/mol. The number of nitrogens with zero attached hydrogens (tertiary/aromatic N) is 2. The van der Waals surface area contributed by atoms with Crippen molar-refractivity contribution in [2.24, 2.45) is 4.99 Å². The summed E-state index contributed by atoms with van der Waals surface area (Å²) in [7, 11) is 4.82. The number of hydrogen-bond acceptors (Lipinski definition) is 6. The maximum absolute atomic E-state index is 5.59. The Bertz CT molecular complexity index is 748. The second-order valence-electron chi connectivity index (χ2n) is 5.81. The van der Waals surface area contributed by atoms with E-state index in [1.807, 2.05) is 32.9 Å². The lowest BCUT2D eigenvalue weighted by atomic mass is 10.1. The highest BCUT2D eigenvalue weighted by Crippen LogP contribution is 2.34. The number of guanidine groups is 1. The van der Waals surface area contributed by atoms with Crippen LogP contribution in [0.5, 0.6) is 17.2 Å². The highest BCUT2D eigenvalue weighted by molar-refractivity contribution is 14.0. The first-order chi connectivity index (χ1) is 13.0. The van der Waals surface area contributed by atoms with Gasteiger partial charge in [0.05, 0.1) is 45.7 Å². The number of hydrogen-bond donors (Lipinski definition) is 2. The van der Waals surface area contributed by atoms with Crippen molar-refractivity contribution < 1.29 is 18.6 Å². The third-order valence-electron chi connectivity index (χ3n) is 4.04. The van der Waals surface area contributed by atoms with Crippen LogP contribution in [0.15, 0.2) is 21.5 Å². The third kappa shape index (κ3) is 6.18. The van der Waals surface area contributed by atoms with Gasteiger partial charge in [-0.2, -0.15) is 0 Å². The Morgan fingerprint density at radius 1 is 1.07 bits per heavy atom. The maximum Gasteiger partial charge on any atom is 0.214 e. The highest BCUT2D eigenvalue weighted by Gasteiger charge is 2.13. The number of nitrogens with one attached hydrogen (secondary N) is 2. The van der Waals surface area contributed by atoms with Gasteiger partial charge in [0, 0.05) is 18.7 Å². The van der Waals surface area contributed by atoms with E-state index >= 15 is 0 Å². The van der Waals surface area contributed by atoms with Crippen molar-refractivity contribution >= 4 is 29.9 Å². The maximum atomic E-state index is 5.59. The molecule has 28 heavy (non-hydrogen) atoms. The van der Waals surface area contributed by atoms with Gasteiger partial charge in [-0.15, -0.1) is 24.0 Å². The molecule has 9 heteroatoms. The van der Waals surface area contributed by atoms with Crippen LogP contribution in [0.3, 0.4) is 0 Å². The molecule has 0 fully saturated rings. The molecule has 0 radical (unpaired) electrons. The average molecular weight is 504 g/mol. The van der Waals surface area contributed by atoms with Gasteiger partial charge in [0.1, 0.15) is 23.0 Å². The van der Waals surface area contributed by atoms with Crippen molar-refractivity contribution in [3.05, 3.63) is 35.0 Å². The van der Waals surface area contributed by atoms with E-state index in [0.29, 0.717) is 42.2 Å². The quantitative estimate of drug-likeness (QED) is 0.324.